The number of hydrogen-bond donors (Lipinski definition) is 3. The van der Waals surface area contributed by atoms with Crippen molar-refractivity contribution >= 4 is 17.5 Å². The third kappa shape index (κ3) is 2.66. The first-order valence-electron chi connectivity index (χ1n) is 10.5. The van der Waals surface area contributed by atoms with Gasteiger partial charge in [-0.1, -0.05) is 31.9 Å². The van der Waals surface area contributed by atoms with Gasteiger partial charge >= 0.3 is 0 Å². The summed E-state index contributed by atoms with van der Waals surface area (Å²) >= 11 is 0. The summed E-state index contributed by atoms with van der Waals surface area (Å²) in [5, 5.41) is 10.3. The molecule has 0 saturated heterocycles. The lowest BCUT2D eigenvalue weighted by atomic mass is 9.51. The maximum absolute atomic E-state index is 13.1. The molecule has 4 saturated carbocycles. The maximum Gasteiger partial charge on any atom is 0.255 e. The minimum atomic E-state index is -0.414. The highest BCUT2D eigenvalue weighted by Crippen LogP contribution is 2.58. The second kappa shape index (κ2) is 5.98. The fraction of sp³-hybridized carbons (Fsp3) is 0.636. The molecule has 2 bridgehead atoms. The van der Waals surface area contributed by atoms with E-state index in [0.717, 1.165) is 44.2 Å². The Balaban J connectivity index is 1.39. The Kier molecular flexibility index (Phi) is 3.78. The molecular formula is C22H29N3O2. The zero-order valence-corrected chi connectivity index (χ0v) is 16.0. The average molecular weight is 367 g/mol. The molecule has 5 heteroatoms. The Morgan fingerprint density at radius 1 is 1.15 bits per heavy atom. The standard InChI is InChI=1S/C22H29N3O2/c1-21-11-10-14(12-17(21)20(27)23-15-6-2-3-7-15)22(13-21)24-18-9-5-4-8-16(18)19(26)25-22/h4-5,8-9,14-15,17,24H,2-3,6-7,10-13H2,1H3,(H,23,27)(H,25,26)/t14-,17-,21-,22+/m0/s1. The monoisotopic (exact) mass is 367 g/mol. The van der Waals surface area contributed by atoms with Crippen LogP contribution in [-0.2, 0) is 4.79 Å². The number of para-hydroxylation sites is 1. The van der Waals surface area contributed by atoms with E-state index in [-0.39, 0.29) is 29.1 Å². The lowest BCUT2D eigenvalue weighted by Gasteiger charge is -2.60. The van der Waals surface area contributed by atoms with Crippen molar-refractivity contribution in [2.45, 2.75) is 70.0 Å². The van der Waals surface area contributed by atoms with Crippen molar-refractivity contribution in [3.63, 3.8) is 0 Å². The molecule has 0 unspecified atom stereocenters. The fourth-order valence-electron chi connectivity index (χ4n) is 6.23. The number of benzene rings is 1. The Hall–Kier alpha value is -2.04. The van der Waals surface area contributed by atoms with Gasteiger partial charge in [-0.25, -0.2) is 0 Å². The van der Waals surface area contributed by atoms with Gasteiger partial charge in [0.05, 0.1) is 5.56 Å². The van der Waals surface area contributed by atoms with E-state index in [0.29, 0.717) is 11.6 Å². The van der Waals surface area contributed by atoms with Crippen LogP contribution in [-0.4, -0.2) is 23.5 Å². The van der Waals surface area contributed by atoms with Crippen molar-refractivity contribution in [2.75, 3.05) is 5.32 Å². The maximum atomic E-state index is 13.1. The fourth-order valence-corrected chi connectivity index (χ4v) is 6.23. The summed E-state index contributed by atoms with van der Waals surface area (Å²) in [6, 6.07) is 8.10. The molecule has 3 N–H and O–H groups in total. The summed E-state index contributed by atoms with van der Waals surface area (Å²) in [6.07, 6.45) is 8.48. The lowest BCUT2D eigenvalue weighted by Crippen LogP contribution is -2.70. The van der Waals surface area contributed by atoms with E-state index >= 15 is 0 Å². The van der Waals surface area contributed by atoms with E-state index in [2.05, 4.69) is 22.9 Å². The lowest BCUT2D eigenvalue weighted by molar-refractivity contribution is -0.140. The van der Waals surface area contributed by atoms with Crippen molar-refractivity contribution < 1.29 is 9.59 Å². The minimum Gasteiger partial charge on any atom is -0.362 e. The minimum absolute atomic E-state index is 0.00690. The van der Waals surface area contributed by atoms with Gasteiger partial charge in [-0.05, 0) is 56.1 Å². The average Bonchev–Trinajstić information content (AvgIpc) is 3.14. The first-order valence-corrected chi connectivity index (χ1v) is 10.5. The largest absolute Gasteiger partial charge is 0.362 e. The molecule has 5 aliphatic rings. The third-order valence-electron chi connectivity index (χ3n) is 7.69. The van der Waals surface area contributed by atoms with Crippen LogP contribution in [0.25, 0.3) is 0 Å². The van der Waals surface area contributed by atoms with Crippen molar-refractivity contribution in [1.29, 1.82) is 0 Å². The van der Waals surface area contributed by atoms with E-state index in [9.17, 15) is 9.59 Å². The molecule has 27 heavy (non-hydrogen) atoms. The number of amides is 2. The topological polar surface area (TPSA) is 70.2 Å². The molecule has 144 valence electrons. The van der Waals surface area contributed by atoms with E-state index in [1.165, 1.54) is 12.8 Å². The normalized spacial score (nSPS) is 37.6. The molecule has 4 fully saturated rings. The van der Waals surface area contributed by atoms with Gasteiger partial charge in [0.15, 0.2) is 0 Å². The van der Waals surface area contributed by atoms with Gasteiger partial charge in [-0.15, -0.1) is 0 Å². The molecule has 5 nitrogen and oxygen atoms in total. The van der Waals surface area contributed by atoms with E-state index in [1.807, 2.05) is 24.3 Å². The van der Waals surface area contributed by atoms with E-state index in [4.69, 9.17) is 0 Å². The zero-order chi connectivity index (χ0) is 18.6. The summed E-state index contributed by atoms with van der Waals surface area (Å²) in [5.41, 5.74) is 1.14. The van der Waals surface area contributed by atoms with Crippen LogP contribution >= 0.6 is 0 Å². The second-order valence-corrected chi connectivity index (χ2v) is 9.44. The number of rotatable bonds is 2. The molecule has 6 rings (SSSR count). The number of carbonyl (C=O) groups excluding carboxylic acids is 2. The Morgan fingerprint density at radius 2 is 1.93 bits per heavy atom. The number of fused-ring (bicyclic) bond motifs is 3. The van der Waals surface area contributed by atoms with Crippen molar-refractivity contribution in [2.24, 2.45) is 17.3 Å². The van der Waals surface area contributed by atoms with E-state index < -0.39 is 5.66 Å². The highest BCUT2D eigenvalue weighted by Gasteiger charge is 2.60. The van der Waals surface area contributed by atoms with Gasteiger partial charge in [0.1, 0.15) is 5.66 Å². The molecule has 1 aromatic carbocycles. The van der Waals surface area contributed by atoms with Crippen LogP contribution in [0.3, 0.4) is 0 Å². The number of anilines is 1. The van der Waals surface area contributed by atoms with Gasteiger partial charge < -0.3 is 16.0 Å². The molecule has 0 aromatic heterocycles. The highest BCUT2D eigenvalue weighted by atomic mass is 16.2. The van der Waals surface area contributed by atoms with Gasteiger partial charge in [0.25, 0.3) is 5.91 Å². The molecule has 4 aliphatic carbocycles. The molecule has 4 atom stereocenters. The van der Waals surface area contributed by atoms with Gasteiger partial charge in [0.2, 0.25) is 5.91 Å². The van der Waals surface area contributed by atoms with Gasteiger partial charge in [-0.2, -0.15) is 0 Å². The Bertz CT molecular complexity index is 788. The first-order chi connectivity index (χ1) is 13.0. The van der Waals surface area contributed by atoms with Crippen LogP contribution in [0.2, 0.25) is 0 Å². The summed E-state index contributed by atoms with van der Waals surface area (Å²) in [6.45, 7) is 2.25. The summed E-state index contributed by atoms with van der Waals surface area (Å²) < 4.78 is 0. The van der Waals surface area contributed by atoms with Crippen LogP contribution in [0.4, 0.5) is 5.69 Å². The molecule has 0 radical (unpaired) electrons. The van der Waals surface area contributed by atoms with Crippen LogP contribution in [0.15, 0.2) is 24.3 Å². The predicted molar refractivity (Wildman–Crippen MR) is 104 cm³/mol. The Morgan fingerprint density at radius 3 is 2.70 bits per heavy atom. The quantitative estimate of drug-likeness (QED) is 0.750. The van der Waals surface area contributed by atoms with Crippen molar-refractivity contribution in [3.8, 4) is 0 Å². The summed E-state index contributed by atoms with van der Waals surface area (Å²) in [4.78, 5) is 25.8. The summed E-state index contributed by atoms with van der Waals surface area (Å²) in [5.74, 6) is 0.591. The molecule has 2 amide bonds. The number of hydrogen-bond acceptors (Lipinski definition) is 3. The molecule has 1 heterocycles. The predicted octanol–water partition coefficient (Wildman–Crippen LogP) is 3.42. The molecule has 1 aliphatic heterocycles. The van der Waals surface area contributed by atoms with Crippen LogP contribution < -0.4 is 16.0 Å². The smallest absolute Gasteiger partial charge is 0.255 e. The van der Waals surface area contributed by atoms with E-state index in [1.54, 1.807) is 0 Å². The number of carbonyl (C=O) groups is 2. The van der Waals surface area contributed by atoms with Crippen molar-refractivity contribution in [1.82, 2.24) is 10.6 Å². The van der Waals surface area contributed by atoms with Gasteiger partial charge in [-0.3, -0.25) is 9.59 Å². The van der Waals surface area contributed by atoms with Crippen LogP contribution in [0.1, 0.15) is 68.6 Å². The number of nitrogens with one attached hydrogen (secondary N) is 3. The third-order valence-corrected chi connectivity index (χ3v) is 7.69. The Labute approximate surface area is 160 Å². The molecule has 1 aromatic rings. The van der Waals surface area contributed by atoms with Gasteiger partial charge in [0, 0.05) is 23.6 Å². The first kappa shape index (κ1) is 17.1. The highest BCUT2D eigenvalue weighted by molar-refractivity contribution is 6.02. The second-order valence-electron chi connectivity index (χ2n) is 9.44. The van der Waals surface area contributed by atoms with Crippen LogP contribution in [0.5, 0.6) is 0 Å². The summed E-state index contributed by atoms with van der Waals surface area (Å²) in [7, 11) is 0. The van der Waals surface area contributed by atoms with Crippen LogP contribution in [0, 0.1) is 17.3 Å². The van der Waals surface area contributed by atoms with Crippen molar-refractivity contribution in [3.05, 3.63) is 29.8 Å². The SMILES string of the molecule is C[C@@]12CC[C@@H](C[C@H]1C(=O)NC1CCCC1)[C@@]1(C2)NC(=O)c2ccccc2N1. The molecule has 1 spiro atoms. The zero-order valence-electron chi connectivity index (χ0n) is 16.0. The molecular weight excluding hydrogens is 338 g/mol.